The average Bonchev–Trinajstić information content (AvgIpc) is 3.06. The summed E-state index contributed by atoms with van der Waals surface area (Å²) in [5.41, 5.74) is 0. The Labute approximate surface area is 113 Å². The van der Waals surface area contributed by atoms with Gasteiger partial charge in [0.1, 0.15) is 11.9 Å². The van der Waals surface area contributed by atoms with Crippen molar-refractivity contribution in [3.8, 4) is 0 Å². The van der Waals surface area contributed by atoms with Gasteiger partial charge in [0, 0.05) is 25.7 Å². The normalized spacial score (nSPS) is 27.5. The third-order valence-corrected chi connectivity index (χ3v) is 3.90. The summed E-state index contributed by atoms with van der Waals surface area (Å²) in [6, 6.07) is 5.86. The van der Waals surface area contributed by atoms with E-state index in [1.54, 1.807) is 6.20 Å². The van der Waals surface area contributed by atoms with Crippen LogP contribution in [0.4, 0.5) is 5.82 Å². The lowest BCUT2D eigenvalue weighted by atomic mass is 10.1. The Morgan fingerprint density at radius 2 is 2.37 bits per heavy atom. The van der Waals surface area contributed by atoms with Gasteiger partial charge in [-0.05, 0) is 31.0 Å². The lowest BCUT2D eigenvalue weighted by Gasteiger charge is -2.20. The van der Waals surface area contributed by atoms with Crippen LogP contribution < -0.4 is 5.32 Å². The quantitative estimate of drug-likeness (QED) is 0.823. The SMILES string of the molecule is O=C1OCC[C@H]1N1CC[C@@H](CNc2ccccn2)C1. The molecule has 0 amide bonds. The second kappa shape index (κ2) is 5.57. The molecular weight excluding hydrogens is 242 g/mol. The zero-order chi connectivity index (χ0) is 13.1. The van der Waals surface area contributed by atoms with Crippen molar-refractivity contribution < 1.29 is 9.53 Å². The predicted octanol–water partition coefficient (Wildman–Crippen LogP) is 1.13. The van der Waals surface area contributed by atoms with Crippen molar-refractivity contribution in [2.75, 3.05) is 31.6 Å². The number of likely N-dealkylation sites (tertiary alicyclic amines) is 1. The molecule has 0 aliphatic carbocycles. The summed E-state index contributed by atoms with van der Waals surface area (Å²) in [5, 5.41) is 3.35. The Kier molecular flexibility index (Phi) is 3.64. The van der Waals surface area contributed by atoms with Crippen LogP contribution in [0.15, 0.2) is 24.4 Å². The number of hydrogen-bond donors (Lipinski definition) is 1. The summed E-state index contributed by atoms with van der Waals surface area (Å²) >= 11 is 0. The van der Waals surface area contributed by atoms with E-state index in [2.05, 4.69) is 15.2 Å². The lowest BCUT2D eigenvalue weighted by molar-refractivity contribution is -0.142. The number of esters is 1. The van der Waals surface area contributed by atoms with E-state index in [1.165, 1.54) is 0 Å². The second-order valence-electron chi connectivity index (χ2n) is 5.22. The molecule has 19 heavy (non-hydrogen) atoms. The number of ether oxygens (including phenoxy) is 1. The van der Waals surface area contributed by atoms with Gasteiger partial charge < -0.3 is 10.1 Å². The highest BCUT2D eigenvalue weighted by molar-refractivity contribution is 5.77. The second-order valence-corrected chi connectivity index (χ2v) is 5.22. The molecule has 1 aromatic heterocycles. The van der Waals surface area contributed by atoms with Gasteiger partial charge in [0.05, 0.1) is 6.61 Å². The molecule has 3 heterocycles. The molecule has 0 unspecified atom stereocenters. The van der Waals surface area contributed by atoms with Crippen molar-refractivity contribution in [2.24, 2.45) is 5.92 Å². The molecule has 102 valence electrons. The van der Waals surface area contributed by atoms with Crippen molar-refractivity contribution in [3.63, 3.8) is 0 Å². The van der Waals surface area contributed by atoms with Crippen molar-refractivity contribution in [2.45, 2.75) is 18.9 Å². The van der Waals surface area contributed by atoms with E-state index in [4.69, 9.17) is 4.74 Å². The number of cyclic esters (lactones) is 1. The fourth-order valence-corrected chi connectivity index (χ4v) is 2.85. The van der Waals surface area contributed by atoms with Gasteiger partial charge in [-0.1, -0.05) is 6.07 Å². The number of anilines is 1. The van der Waals surface area contributed by atoms with Crippen LogP contribution in [0.2, 0.25) is 0 Å². The molecule has 5 nitrogen and oxygen atoms in total. The van der Waals surface area contributed by atoms with E-state index in [1.807, 2.05) is 18.2 Å². The lowest BCUT2D eigenvalue weighted by Crippen LogP contribution is -2.37. The van der Waals surface area contributed by atoms with Crippen LogP contribution in [0.25, 0.3) is 0 Å². The molecule has 2 saturated heterocycles. The van der Waals surface area contributed by atoms with E-state index in [0.717, 1.165) is 38.3 Å². The molecule has 0 radical (unpaired) electrons. The molecule has 3 rings (SSSR count). The minimum Gasteiger partial charge on any atom is -0.464 e. The number of nitrogens with one attached hydrogen (secondary N) is 1. The van der Waals surface area contributed by atoms with Crippen molar-refractivity contribution in [3.05, 3.63) is 24.4 Å². The number of rotatable bonds is 4. The highest BCUT2D eigenvalue weighted by Gasteiger charge is 2.36. The smallest absolute Gasteiger partial charge is 0.323 e. The fourth-order valence-electron chi connectivity index (χ4n) is 2.85. The fraction of sp³-hybridized carbons (Fsp3) is 0.571. The third kappa shape index (κ3) is 2.87. The van der Waals surface area contributed by atoms with Gasteiger partial charge in [-0.2, -0.15) is 0 Å². The number of hydrogen-bond acceptors (Lipinski definition) is 5. The van der Waals surface area contributed by atoms with E-state index in [-0.39, 0.29) is 12.0 Å². The first-order valence-corrected chi connectivity index (χ1v) is 6.88. The molecule has 0 aromatic carbocycles. The maximum Gasteiger partial charge on any atom is 0.323 e. The van der Waals surface area contributed by atoms with Crippen LogP contribution in [0, 0.1) is 5.92 Å². The predicted molar refractivity (Wildman–Crippen MR) is 71.8 cm³/mol. The van der Waals surface area contributed by atoms with E-state index in [9.17, 15) is 4.79 Å². The average molecular weight is 261 g/mol. The van der Waals surface area contributed by atoms with Crippen LogP contribution in [0.3, 0.4) is 0 Å². The zero-order valence-corrected chi connectivity index (χ0v) is 10.9. The van der Waals surface area contributed by atoms with Gasteiger partial charge in [-0.3, -0.25) is 9.69 Å². The summed E-state index contributed by atoms with van der Waals surface area (Å²) in [5.74, 6) is 1.45. The monoisotopic (exact) mass is 261 g/mol. The van der Waals surface area contributed by atoms with Crippen LogP contribution in [-0.2, 0) is 9.53 Å². The maximum absolute atomic E-state index is 11.6. The van der Waals surface area contributed by atoms with Crippen LogP contribution in [-0.4, -0.2) is 48.1 Å². The van der Waals surface area contributed by atoms with E-state index >= 15 is 0 Å². The highest BCUT2D eigenvalue weighted by Crippen LogP contribution is 2.23. The van der Waals surface area contributed by atoms with Crippen molar-refractivity contribution in [1.29, 1.82) is 0 Å². The van der Waals surface area contributed by atoms with Gasteiger partial charge in [-0.15, -0.1) is 0 Å². The molecule has 2 aliphatic heterocycles. The Balaban J connectivity index is 1.48. The minimum absolute atomic E-state index is 0.000139. The van der Waals surface area contributed by atoms with E-state index < -0.39 is 0 Å². The molecule has 5 heteroatoms. The number of aromatic nitrogens is 1. The third-order valence-electron chi connectivity index (χ3n) is 3.90. The van der Waals surface area contributed by atoms with Crippen LogP contribution in [0.1, 0.15) is 12.8 Å². The summed E-state index contributed by atoms with van der Waals surface area (Å²) in [7, 11) is 0. The number of carbonyl (C=O) groups is 1. The summed E-state index contributed by atoms with van der Waals surface area (Å²) in [6.07, 6.45) is 3.76. The van der Waals surface area contributed by atoms with Crippen LogP contribution >= 0.6 is 0 Å². The topological polar surface area (TPSA) is 54.5 Å². The first-order chi connectivity index (χ1) is 9.33. The van der Waals surface area contributed by atoms with Gasteiger partial charge in [0.25, 0.3) is 0 Å². The zero-order valence-electron chi connectivity index (χ0n) is 10.9. The molecule has 2 fully saturated rings. The Morgan fingerprint density at radius 1 is 1.42 bits per heavy atom. The first-order valence-electron chi connectivity index (χ1n) is 6.88. The van der Waals surface area contributed by atoms with Gasteiger partial charge in [-0.25, -0.2) is 4.98 Å². The molecule has 1 aromatic rings. The van der Waals surface area contributed by atoms with E-state index in [0.29, 0.717) is 12.5 Å². The largest absolute Gasteiger partial charge is 0.464 e. The Bertz CT molecular complexity index is 438. The maximum atomic E-state index is 11.6. The Hall–Kier alpha value is -1.62. The highest BCUT2D eigenvalue weighted by atomic mass is 16.5. The first kappa shape index (κ1) is 12.4. The van der Waals surface area contributed by atoms with Gasteiger partial charge in [0.15, 0.2) is 0 Å². The van der Waals surface area contributed by atoms with Gasteiger partial charge in [0.2, 0.25) is 0 Å². The molecule has 0 bridgehead atoms. The number of pyridine rings is 1. The molecule has 1 N–H and O–H groups in total. The molecule has 2 aliphatic rings. The molecule has 0 saturated carbocycles. The number of nitrogens with zero attached hydrogens (tertiary/aromatic N) is 2. The van der Waals surface area contributed by atoms with Crippen LogP contribution in [0.5, 0.6) is 0 Å². The summed E-state index contributed by atoms with van der Waals surface area (Å²) < 4.78 is 5.04. The summed E-state index contributed by atoms with van der Waals surface area (Å²) in [6.45, 7) is 3.46. The number of carbonyl (C=O) groups excluding carboxylic acids is 1. The summed E-state index contributed by atoms with van der Waals surface area (Å²) in [4.78, 5) is 18.1. The molecular formula is C14H19N3O2. The standard InChI is InChI=1S/C14H19N3O2/c18-14-12(5-8-19-14)17-7-4-11(10-17)9-16-13-3-1-2-6-15-13/h1-3,6,11-12H,4-5,7-10H2,(H,15,16)/t11-,12+/m0/s1. The van der Waals surface area contributed by atoms with Crippen molar-refractivity contribution in [1.82, 2.24) is 9.88 Å². The molecule has 2 atom stereocenters. The van der Waals surface area contributed by atoms with Gasteiger partial charge >= 0.3 is 5.97 Å². The minimum atomic E-state index is -0.0432. The van der Waals surface area contributed by atoms with Crippen molar-refractivity contribution >= 4 is 11.8 Å². The Morgan fingerprint density at radius 3 is 3.11 bits per heavy atom. The molecule has 0 spiro atoms.